The number of benzene rings is 2. The van der Waals surface area contributed by atoms with E-state index in [1.165, 1.54) is 0 Å². The number of hydrogen-bond donors (Lipinski definition) is 1. The average Bonchev–Trinajstić information content (AvgIpc) is 3.13. The van der Waals surface area contributed by atoms with Crippen molar-refractivity contribution in [3.8, 4) is 6.07 Å². The fourth-order valence-corrected chi connectivity index (χ4v) is 3.51. The van der Waals surface area contributed by atoms with Gasteiger partial charge >= 0.3 is 0 Å². The van der Waals surface area contributed by atoms with Gasteiger partial charge in [0.25, 0.3) is 5.91 Å². The first kappa shape index (κ1) is 16.9. The number of aromatic nitrogens is 1. The normalized spacial score (nSPS) is 14.5. The minimum atomic E-state index is -0.00721. The molecule has 1 N–H and O–H groups in total. The Morgan fingerprint density at radius 1 is 1.11 bits per heavy atom. The first-order chi connectivity index (χ1) is 13.1. The van der Waals surface area contributed by atoms with Crippen molar-refractivity contribution in [1.29, 1.82) is 5.26 Å². The smallest absolute Gasteiger partial charge is 0.259 e. The van der Waals surface area contributed by atoms with Crippen molar-refractivity contribution in [2.45, 2.75) is 20.4 Å². The van der Waals surface area contributed by atoms with E-state index in [4.69, 9.17) is 5.26 Å². The Morgan fingerprint density at radius 3 is 2.52 bits per heavy atom. The molecule has 0 fully saturated rings. The maximum Gasteiger partial charge on any atom is 0.259 e. The lowest BCUT2D eigenvalue weighted by molar-refractivity contribution is -0.113. The molecule has 4 rings (SSSR count). The Hall–Kier alpha value is -3.58. The summed E-state index contributed by atoms with van der Waals surface area (Å²) in [5.41, 5.74) is 7.33. The second-order valence-electron chi connectivity index (χ2n) is 6.82. The minimum Gasteiger partial charge on any atom is -0.359 e. The summed E-state index contributed by atoms with van der Waals surface area (Å²) in [6, 6.07) is 19.4. The van der Waals surface area contributed by atoms with Crippen LogP contribution in [0.25, 0.3) is 11.6 Å². The van der Waals surface area contributed by atoms with E-state index in [1.54, 1.807) is 17.0 Å². The number of nitriles is 1. The third-order valence-electron chi connectivity index (χ3n) is 4.86. The molecule has 4 nitrogen and oxygen atoms in total. The summed E-state index contributed by atoms with van der Waals surface area (Å²) in [6.07, 6.45) is 1.95. The Balaban J connectivity index is 1.73. The van der Waals surface area contributed by atoms with Gasteiger partial charge in [0.2, 0.25) is 0 Å². The molecule has 4 heteroatoms. The van der Waals surface area contributed by atoms with Gasteiger partial charge in [0.05, 0.1) is 29.4 Å². The van der Waals surface area contributed by atoms with Crippen LogP contribution in [0.5, 0.6) is 0 Å². The molecule has 27 heavy (non-hydrogen) atoms. The lowest BCUT2D eigenvalue weighted by Gasteiger charge is -2.17. The summed E-state index contributed by atoms with van der Waals surface area (Å²) in [6.45, 7) is 4.52. The van der Waals surface area contributed by atoms with Crippen molar-refractivity contribution in [1.82, 2.24) is 4.98 Å². The van der Waals surface area contributed by atoms with Crippen molar-refractivity contribution in [3.05, 3.63) is 88.2 Å². The standard InChI is InChI=1S/C23H19N3O/c1-15-11-16(2)25-21(15)12-20-19-5-3-4-6-22(19)26(23(20)27)14-18-9-7-17(13-24)8-10-18/h3-12,25H,14H2,1-2H3. The third kappa shape index (κ3) is 3.04. The topological polar surface area (TPSA) is 59.9 Å². The number of fused-ring (bicyclic) bond motifs is 1. The molecule has 2 heterocycles. The zero-order valence-electron chi connectivity index (χ0n) is 15.3. The number of H-pyrrole nitrogens is 1. The van der Waals surface area contributed by atoms with Crippen LogP contribution in [-0.4, -0.2) is 10.9 Å². The average molecular weight is 353 g/mol. The number of amides is 1. The van der Waals surface area contributed by atoms with Crippen molar-refractivity contribution in [2.75, 3.05) is 4.90 Å². The molecule has 0 radical (unpaired) electrons. The largest absolute Gasteiger partial charge is 0.359 e. The quantitative estimate of drug-likeness (QED) is 0.700. The van der Waals surface area contributed by atoms with Crippen LogP contribution < -0.4 is 4.90 Å². The van der Waals surface area contributed by atoms with Crippen LogP contribution in [0.1, 0.15) is 33.6 Å². The van der Waals surface area contributed by atoms with Gasteiger partial charge in [0.1, 0.15) is 0 Å². The maximum absolute atomic E-state index is 13.2. The van der Waals surface area contributed by atoms with E-state index in [9.17, 15) is 4.79 Å². The molecule has 0 aliphatic carbocycles. The molecule has 1 aromatic heterocycles. The molecule has 0 spiro atoms. The number of carbonyl (C=O) groups excluding carboxylic acids is 1. The van der Waals surface area contributed by atoms with Crippen LogP contribution in [-0.2, 0) is 11.3 Å². The number of nitrogens with zero attached hydrogens (tertiary/aromatic N) is 2. The van der Waals surface area contributed by atoms with E-state index in [0.29, 0.717) is 17.7 Å². The number of aryl methyl sites for hydroxylation is 2. The van der Waals surface area contributed by atoms with Gasteiger partial charge in [-0.25, -0.2) is 0 Å². The van der Waals surface area contributed by atoms with Gasteiger partial charge < -0.3 is 9.88 Å². The molecule has 0 bridgehead atoms. The van der Waals surface area contributed by atoms with Crippen LogP contribution >= 0.6 is 0 Å². The first-order valence-electron chi connectivity index (χ1n) is 8.85. The molecule has 1 aliphatic rings. The van der Waals surface area contributed by atoms with Gasteiger partial charge in [0, 0.05) is 17.0 Å². The summed E-state index contributed by atoms with van der Waals surface area (Å²) >= 11 is 0. The van der Waals surface area contributed by atoms with Crippen molar-refractivity contribution in [2.24, 2.45) is 0 Å². The Morgan fingerprint density at radius 2 is 1.85 bits per heavy atom. The molecular weight excluding hydrogens is 334 g/mol. The van der Waals surface area contributed by atoms with Gasteiger partial charge in [-0.15, -0.1) is 0 Å². The minimum absolute atomic E-state index is 0.00721. The number of rotatable bonds is 3. The zero-order chi connectivity index (χ0) is 19.0. The highest BCUT2D eigenvalue weighted by Gasteiger charge is 2.32. The molecule has 2 aromatic carbocycles. The second kappa shape index (κ2) is 6.62. The number of anilines is 1. The van der Waals surface area contributed by atoms with Gasteiger partial charge in [-0.2, -0.15) is 5.26 Å². The van der Waals surface area contributed by atoms with Crippen molar-refractivity contribution < 1.29 is 4.79 Å². The fraction of sp³-hybridized carbons (Fsp3) is 0.130. The van der Waals surface area contributed by atoms with Crippen LogP contribution in [0.15, 0.2) is 54.6 Å². The number of hydrogen-bond acceptors (Lipinski definition) is 2. The van der Waals surface area contributed by atoms with Crippen molar-refractivity contribution in [3.63, 3.8) is 0 Å². The SMILES string of the molecule is Cc1cc(C)c(C=C2C(=O)N(Cc3ccc(C#N)cc3)c3ccccc32)[nH]1. The maximum atomic E-state index is 13.2. The Bertz CT molecular complexity index is 1100. The van der Waals surface area contributed by atoms with Crippen LogP contribution in [0.3, 0.4) is 0 Å². The number of para-hydroxylation sites is 1. The highest BCUT2D eigenvalue weighted by Crippen LogP contribution is 2.38. The lowest BCUT2D eigenvalue weighted by atomic mass is 10.1. The van der Waals surface area contributed by atoms with Crippen LogP contribution in [0, 0.1) is 25.2 Å². The predicted octanol–water partition coefficient (Wildman–Crippen LogP) is 4.59. The molecule has 1 aliphatic heterocycles. The number of nitrogens with one attached hydrogen (secondary N) is 1. The first-order valence-corrected chi connectivity index (χ1v) is 8.85. The highest BCUT2D eigenvalue weighted by atomic mass is 16.2. The molecule has 0 saturated heterocycles. The lowest BCUT2D eigenvalue weighted by Crippen LogP contribution is -2.25. The van der Waals surface area contributed by atoms with E-state index in [-0.39, 0.29) is 5.91 Å². The monoisotopic (exact) mass is 353 g/mol. The van der Waals surface area contributed by atoms with Crippen LogP contribution in [0.4, 0.5) is 5.69 Å². The molecule has 0 unspecified atom stereocenters. The van der Waals surface area contributed by atoms with E-state index in [1.807, 2.05) is 56.3 Å². The third-order valence-corrected chi connectivity index (χ3v) is 4.86. The Labute approximate surface area is 158 Å². The zero-order valence-corrected chi connectivity index (χ0v) is 15.3. The van der Waals surface area contributed by atoms with E-state index in [0.717, 1.165) is 33.8 Å². The van der Waals surface area contributed by atoms with E-state index < -0.39 is 0 Å². The van der Waals surface area contributed by atoms with Gasteiger partial charge in [-0.1, -0.05) is 30.3 Å². The van der Waals surface area contributed by atoms with E-state index in [2.05, 4.69) is 17.1 Å². The van der Waals surface area contributed by atoms with Gasteiger partial charge in [-0.05, 0) is 55.3 Å². The molecule has 1 amide bonds. The van der Waals surface area contributed by atoms with E-state index >= 15 is 0 Å². The molecule has 3 aromatic rings. The van der Waals surface area contributed by atoms with Crippen molar-refractivity contribution >= 4 is 23.2 Å². The summed E-state index contributed by atoms with van der Waals surface area (Å²) < 4.78 is 0. The Kier molecular flexibility index (Phi) is 4.13. The molecule has 132 valence electrons. The van der Waals surface area contributed by atoms with Crippen LogP contribution in [0.2, 0.25) is 0 Å². The predicted molar refractivity (Wildman–Crippen MR) is 107 cm³/mol. The summed E-state index contributed by atoms with van der Waals surface area (Å²) in [7, 11) is 0. The number of carbonyl (C=O) groups is 1. The molecular formula is C23H19N3O. The van der Waals surface area contributed by atoms with Gasteiger partial charge in [-0.3, -0.25) is 4.79 Å². The molecule has 0 saturated carbocycles. The fourth-order valence-electron chi connectivity index (χ4n) is 3.51. The molecule has 0 atom stereocenters. The summed E-state index contributed by atoms with van der Waals surface area (Å²) in [4.78, 5) is 18.3. The second-order valence-corrected chi connectivity index (χ2v) is 6.82. The number of aromatic amines is 1. The van der Waals surface area contributed by atoms with Gasteiger partial charge in [0.15, 0.2) is 0 Å². The summed E-state index contributed by atoms with van der Waals surface area (Å²) in [5.74, 6) is -0.00721. The highest BCUT2D eigenvalue weighted by molar-refractivity contribution is 6.35. The summed E-state index contributed by atoms with van der Waals surface area (Å²) in [5, 5.41) is 8.96.